The van der Waals surface area contributed by atoms with Gasteiger partial charge in [0.15, 0.2) is 0 Å². The van der Waals surface area contributed by atoms with Crippen LogP contribution in [-0.2, 0) is 6.42 Å². The van der Waals surface area contributed by atoms with Gasteiger partial charge in [-0.2, -0.15) is 0 Å². The molecule has 2 aromatic heterocycles. The lowest BCUT2D eigenvalue weighted by atomic mass is 10.1. The molecule has 0 fully saturated rings. The van der Waals surface area contributed by atoms with Crippen LogP contribution in [0.4, 0.5) is 5.69 Å². The number of benzene rings is 1. The molecular weight excluding hydrogens is 262 g/mol. The van der Waals surface area contributed by atoms with Gasteiger partial charge in [-0.3, -0.25) is 9.20 Å². The number of amides is 1. The van der Waals surface area contributed by atoms with Gasteiger partial charge in [-0.1, -0.05) is 31.2 Å². The second-order valence-electron chi connectivity index (χ2n) is 4.94. The molecule has 0 radical (unpaired) electrons. The van der Waals surface area contributed by atoms with E-state index in [1.54, 1.807) is 0 Å². The number of carbonyl (C=O) groups is 1. The van der Waals surface area contributed by atoms with Gasteiger partial charge in [-0.15, -0.1) is 0 Å². The maximum atomic E-state index is 12.6. The lowest BCUT2D eigenvalue weighted by Crippen LogP contribution is -2.16. The van der Waals surface area contributed by atoms with E-state index >= 15 is 0 Å². The predicted octanol–water partition coefficient (Wildman–Crippen LogP) is 3.46. The summed E-state index contributed by atoms with van der Waals surface area (Å²) in [5.74, 6) is -0.132. The Balaban J connectivity index is 1.99. The van der Waals surface area contributed by atoms with E-state index in [0.29, 0.717) is 5.69 Å². The molecule has 0 spiro atoms. The highest BCUT2D eigenvalue weighted by atomic mass is 16.2. The number of hydrogen-bond donors (Lipinski definition) is 1. The van der Waals surface area contributed by atoms with E-state index in [1.807, 2.05) is 60.0 Å². The van der Waals surface area contributed by atoms with Crippen LogP contribution in [0.15, 0.2) is 48.7 Å². The molecule has 1 amide bonds. The van der Waals surface area contributed by atoms with Crippen LogP contribution in [-0.4, -0.2) is 15.3 Å². The molecule has 106 valence electrons. The monoisotopic (exact) mass is 279 g/mol. The van der Waals surface area contributed by atoms with Crippen LogP contribution in [0.1, 0.15) is 28.7 Å². The molecule has 0 saturated carbocycles. The topological polar surface area (TPSA) is 46.4 Å². The number of nitrogens with one attached hydrogen (secondary N) is 1. The Hall–Kier alpha value is -2.62. The van der Waals surface area contributed by atoms with Crippen LogP contribution in [0, 0.1) is 6.92 Å². The van der Waals surface area contributed by atoms with Gasteiger partial charge in [-0.05, 0) is 37.1 Å². The Morgan fingerprint density at radius 1 is 1.19 bits per heavy atom. The molecule has 0 atom stereocenters. The van der Waals surface area contributed by atoms with Crippen LogP contribution in [0.2, 0.25) is 0 Å². The Labute approximate surface area is 123 Å². The fourth-order valence-electron chi connectivity index (χ4n) is 2.52. The summed E-state index contributed by atoms with van der Waals surface area (Å²) in [4.78, 5) is 17.0. The number of para-hydroxylation sites is 1. The van der Waals surface area contributed by atoms with E-state index in [9.17, 15) is 4.79 Å². The number of carbonyl (C=O) groups excluding carboxylic acids is 1. The van der Waals surface area contributed by atoms with Crippen molar-refractivity contribution in [1.29, 1.82) is 0 Å². The quantitative estimate of drug-likeness (QED) is 0.798. The van der Waals surface area contributed by atoms with Crippen LogP contribution in [0.5, 0.6) is 0 Å². The molecule has 0 saturated heterocycles. The molecule has 0 aliphatic rings. The highest BCUT2D eigenvalue weighted by molar-refractivity contribution is 6.04. The van der Waals surface area contributed by atoms with Crippen molar-refractivity contribution in [2.75, 3.05) is 5.32 Å². The zero-order valence-electron chi connectivity index (χ0n) is 12.1. The standard InChI is InChI=1S/C17H17N3O/c1-3-13-8-4-5-9-14(13)19-17(21)16-12(2)18-15-10-6-7-11-20(15)16/h4-11H,3H2,1-2H3,(H,19,21). The van der Waals surface area contributed by atoms with Crippen molar-refractivity contribution in [1.82, 2.24) is 9.38 Å². The smallest absolute Gasteiger partial charge is 0.274 e. The number of fused-ring (bicyclic) bond motifs is 1. The normalized spacial score (nSPS) is 10.8. The Bertz CT molecular complexity index is 805. The maximum Gasteiger partial charge on any atom is 0.274 e. The van der Waals surface area contributed by atoms with Crippen molar-refractivity contribution in [3.05, 3.63) is 65.6 Å². The fraction of sp³-hybridized carbons (Fsp3) is 0.176. The summed E-state index contributed by atoms with van der Waals surface area (Å²) in [6.45, 7) is 3.93. The first-order valence-corrected chi connectivity index (χ1v) is 7.03. The van der Waals surface area contributed by atoms with E-state index in [1.165, 1.54) is 0 Å². The third-order valence-electron chi connectivity index (χ3n) is 3.57. The number of imidazole rings is 1. The molecule has 0 bridgehead atoms. The fourth-order valence-corrected chi connectivity index (χ4v) is 2.52. The Morgan fingerprint density at radius 3 is 2.76 bits per heavy atom. The summed E-state index contributed by atoms with van der Waals surface area (Å²) in [6, 6.07) is 13.6. The third kappa shape index (κ3) is 2.40. The molecule has 0 aliphatic heterocycles. The van der Waals surface area contributed by atoms with Gasteiger partial charge in [0.2, 0.25) is 0 Å². The van der Waals surface area contributed by atoms with Crippen molar-refractivity contribution in [2.24, 2.45) is 0 Å². The van der Waals surface area contributed by atoms with Crippen molar-refractivity contribution < 1.29 is 4.79 Å². The largest absolute Gasteiger partial charge is 0.320 e. The highest BCUT2D eigenvalue weighted by Crippen LogP contribution is 2.18. The first-order valence-electron chi connectivity index (χ1n) is 7.03. The molecule has 3 aromatic rings. The van der Waals surface area contributed by atoms with E-state index in [2.05, 4.69) is 17.2 Å². The number of nitrogens with zero attached hydrogens (tertiary/aromatic N) is 2. The molecule has 0 unspecified atom stereocenters. The molecule has 1 N–H and O–H groups in total. The zero-order chi connectivity index (χ0) is 14.8. The highest BCUT2D eigenvalue weighted by Gasteiger charge is 2.17. The van der Waals surface area contributed by atoms with Crippen LogP contribution in [0.3, 0.4) is 0 Å². The summed E-state index contributed by atoms with van der Waals surface area (Å²) in [6.07, 6.45) is 2.73. The summed E-state index contributed by atoms with van der Waals surface area (Å²) >= 11 is 0. The second-order valence-corrected chi connectivity index (χ2v) is 4.94. The molecule has 21 heavy (non-hydrogen) atoms. The Morgan fingerprint density at radius 2 is 1.95 bits per heavy atom. The van der Waals surface area contributed by atoms with Crippen LogP contribution in [0.25, 0.3) is 5.65 Å². The van der Waals surface area contributed by atoms with Gasteiger partial charge in [-0.25, -0.2) is 4.98 Å². The summed E-state index contributed by atoms with van der Waals surface area (Å²) in [5, 5.41) is 3.00. The number of anilines is 1. The molecule has 3 rings (SSSR count). The average Bonchev–Trinajstić information content (AvgIpc) is 2.83. The molecule has 1 aromatic carbocycles. The summed E-state index contributed by atoms with van der Waals surface area (Å²) < 4.78 is 1.82. The van der Waals surface area contributed by atoms with Crippen molar-refractivity contribution >= 4 is 17.2 Å². The van der Waals surface area contributed by atoms with Crippen molar-refractivity contribution in [3.8, 4) is 0 Å². The SMILES string of the molecule is CCc1ccccc1NC(=O)c1c(C)nc2ccccn12. The first-order chi connectivity index (χ1) is 10.2. The van der Waals surface area contributed by atoms with Crippen LogP contribution >= 0.6 is 0 Å². The molecular formula is C17H17N3O. The van der Waals surface area contributed by atoms with E-state index in [4.69, 9.17) is 0 Å². The summed E-state index contributed by atoms with van der Waals surface area (Å²) in [5.41, 5.74) is 4.07. The minimum atomic E-state index is -0.132. The molecule has 4 heteroatoms. The molecule has 2 heterocycles. The number of rotatable bonds is 3. The number of aryl methyl sites for hydroxylation is 2. The third-order valence-corrected chi connectivity index (χ3v) is 3.57. The molecule has 4 nitrogen and oxygen atoms in total. The zero-order valence-corrected chi connectivity index (χ0v) is 12.1. The van der Waals surface area contributed by atoms with Gasteiger partial charge in [0.05, 0.1) is 5.69 Å². The minimum absolute atomic E-state index is 0.132. The van der Waals surface area contributed by atoms with Crippen LogP contribution < -0.4 is 5.32 Å². The van der Waals surface area contributed by atoms with Crippen molar-refractivity contribution in [3.63, 3.8) is 0 Å². The second kappa shape index (κ2) is 5.40. The van der Waals surface area contributed by atoms with Gasteiger partial charge in [0.1, 0.15) is 11.3 Å². The lowest BCUT2D eigenvalue weighted by molar-refractivity contribution is 0.102. The summed E-state index contributed by atoms with van der Waals surface area (Å²) in [7, 11) is 0. The van der Waals surface area contributed by atoms with Gasteiger partial charge < -0.3 is 5.32 Å². The number of pyridine rings is 1. The first kappa shape index (κ1) is 13.4. The van der Waals surface area contributed by atoms with Gasteiger partial charge in [0, 0.05) is 11.9 Å². The van der Waals surface area contributed by atoms with Gasteiger partial charge >= 0.3 is 0 Å². The van der Waals surface area contributed by atoms with E-state index < -0.39 is 0 Å². The van der Waals surface area contributed by atoms with E-state index in [-0.39, 0.29) is 5.91 Å². The lowest BCUT2D eigenvalue weighted by Gasteiger charge is -2.10. The maximum absolute atomic E-state index is 12.6. The van der Waals surface area contributed by atoms with Gasteiger partial charge in [0.25, 0.3) is 5.91 Å². The molecule has 0 aliphatic carbocycles. The Kier molecular flexibility index (Phi) is 3.44. The number of hydrogen-bond acceptors (Lipinski definition) is 2. The minimum Gasteiger partial charge on any atom is -0.320 e. The number of aromatic nitrogens is 2. The van der Waals surface area contributed by atoms with E-state index in [0.717, 1.165) is 29.0 Å². The van der Waals surface area contributed by atoms with Crippen molar-refractivity contribution in [2.45, 2.75) is 20.3 Å². The predicted molar refractivity (Wildman–Crippen MR) is 83.7 cm³/mol. The average molecular weight is 279 g/mol.